The Bertz CT molecular complexity index is 600. The Morgan fingerprint density at radius 2 is 1.95 bits per heavy atom. The zero-order valence-corrected chi connectivity index (χ0v) is 12.9. The number of nitrogens with one attached hydrogen (secondary N) is 2. The highest BCUT2D eigenvalue weighted by Crippen LogP contribution is 2.04. The van der Waals surface area contributed by atoms with Crippen molar-refractivity contribution in [1.82, 2.24) is 20.2 Å². The molecule has 116 valence electrons. The highest BCUT2D eigenvalue weighted by atomic mass is 16.1. The summed E-state index contributed by atoms with van der Waals surface area (Å²) in [5.41, 5.74) is 1.41. The van der Waals surface area contributed by atoms with Crippen LogP contribution in [0.3, 0.4) is 0 Å². The minimum absolute atomic E-state index is 0.207. The Morgan fingerprint density at radius 3 is 2.68 bits per heavy atom. The molecule has 0 saturated carbocycles. The number of hydrogen-bond donors (Lipinski definition) is 2. The number of hydrogen-bond acceptors (Lipinski definition) is 5. The average Bonchev–Trinajstić information content (AvgIpc) is 2.53. The van der Waals surface area contributed by atoms with Crippen LogP contribution in [0.25, 0.3) is 0 Å². The molecule has 0 fully saturated rings. The zero-order valence-electron chi connectivity index (χ0n) is 12.9. The van der Waals surface area contributed by atoms with Crippen molar-refractivity contribution in [1.29, 1.82) is 0 Å². The van der Waals surface area contributed by atoms with E-state index in [0.29, 0.717) is 18.1 Å². The molecular formula is C16H21N5O. The first-order valence-corrected chi connectivity index (χ1v) is 7.18. The summed E-state index contributed by atoms with van der Waals surface area (Å²) in [7, 11) is 4.01. The third-order valence-electron chi connectivity index (χ3n) is 3.06. The summed E-state index contributed by atoms with van der Waals surface area (Å²) in [4.78, 5) is 22.3. The summed E-state index contributed by atoms with van der Waals surface area (Å²) in [6.45, 7) is 2.13. The van der Waals surface area contributed by atoms with Gasteiger partial charge in [0.05, 0.1) is 0 Å². The van der Waals surface area contributed by atoms with Crippen LogP contribution in [0.15, 0.2) is 42.7 Å². The first-order chi connectivity index (χ1) is 10.6. The zero-order chi connectivity index (χ0) is 15.8. The summed E-state index contributed by atoms with van der Waals surface area (Å²) >= 11 is 0. The molecule has 1 heterocycles. The van der Waals surface area contributed by atoms with E-state index in [0.717, 1.165) is 18.7 Å². The van der Waals surface area contributed by atoms with Crippen LogP contribution in [0.5, 0.6) is 0 Å². The summed E-state index contributed by atoms with van der Waals surface area (Å²) in [6.07, 6.45) is 1.40. The Kier molecular flexibility index (Phi) is 5.85. The maximum atomic E-state index is 12.1. The van der Waals surface area contributed by atoms with Crippen molar-refractivity contribution in [3.63, 3.8) is 0 Å². The van der Waals surface area contributed by atoms with E-state index in [1.54, 1.807) is 6.07 Å². The number of aromatic nitrogens is 2. The van der Waals surface area contributed by atoms with Gasteiger partial charge >= 0.3 is 0 Å². The van der Waals surface area contributed by atoms with Crippen LogP contribution in [-0.4, -0.2) is 48.0 Å². The molecule has 0 aliphatic rings. The van der Waals surface area contributed by atoms with E-state index < -0.39 is 0 Å². The largest absolute Gasteiger partial charge is 0.369 e. The fourth-order valence-electron chi connectivity index (χ4n) is 1.85. The Hall–Kier alpha value is -2.47. The van der Waals surface area contributed by atoms with Gasteiger partial charge in [0, 0.05) is 25.7 Å². The van der Waals surface area contributed by atoms with Crippen molar-refractivity contribution in [2.24, 2.45) is 0 Å². The first kappa shape index (κ1) is 15.9. The lowest BCUT2D eigenvalue weighted by Crippen LogP contribution is -2.24. The Balaban J connectivity index is 1.89. The van der Waals surface area contributed by atoms with E-state index in [2.05, 4.69) is 25.5 Å². The van der Waals surface area contributed by atoms with Crippen LogP contribution in [0.2, 0.25) is 0 Å². The monoisotopic (exact) mass is 299 g/mol. The quantitative estimate of drug-likeness (QED) is 0.808. The van der Waals surface area contributed by atoms with Gasteiger partial charge in [0.2, 0.25) is 0 Å². The number of benzene rings is 1. The summed E-state index contributed by atoms with van der Waals surface area (Å²) in [6, 6.07) is 11.4. The minimum atomic E-state index is -0.207. The molecular weight excluding hydrogens is 278 g/mol. The van der Waals surface area contributed by atoms with Crippen molar-refractivity contribution in [2.75, 3.05) is 32.5 Å². The maximum absolute atomic E-state index is 12.1. The number of nitrogens with zero attached hydrogens (tertiary/aromatic N) is 3. The number of anilines is 1. The molecule has 6 heteroatoms. The molecule has 6 nitrogen and oxygen atoms in total. The molecule has 1 aromatic heterocycles. The topological polar surface area (TPSA) is 70.2 Å². The normalized spacial score (nSPS) is 10.5. The van der Waals surface area contributed by atoms with Gasteiger partial charge in [-0.25, -0.2) is 9.97 Å². The SMILES string of the molecule is CN(C)CCNc1cc(C(=O)NCc2ccccc2)ncn1. The van der Waals surface area contributed by atoms with Gasteiger partial charge in [-0.15, -0.1) is 0 Å². The standard InChI is InChI=1S/C16H21N5O/c1-21(2)9-8-17-15-10-14(19-12-20-15)16(22)18-11-13-6-4-3-5-7-13/h3-7,10,12H,8-9,11H2,1-2H3,(H,18,22)(H,17,19,20). The lowest BCUT2D eigenvalue weighted by atomic mass is 10.2. The van der Waals surface area contributed by atoms with Gasteiger partial charge in [0.25, 0.3) is 5.91 Å². The summed E-state index contributed by atoms with van der Waals surface area (Å²) in [5.74, 6) is 0.448. The van der Waals surface area contributed by atoms with E-state index in [1.165, 1.54) is 6.33 Å². The van der Waals surface area contributed by atoms with Crippen LogP contribution < -0.4 is 10.6 Å². The molecule has 0 radical (unpaired) electrons. The number of rotatable bonds is 7. The van der Waals surface area contributed by atoms with Gasteiger partial charge in [0.1, 0.15) is 17.8 Å². The van der Waals surface area contributed by atoms with E-state index in [9.17, 15) is 4.79 Å². The van der Waals surface area contributed by atoms with Gasteiger partial charge < -0.3 is 15.5 Å². The first-order valence-electron chi connectivity index (χ1n) is 7.18. The number of amides is 1. The minimum Gasteiger partial charge on any atom is -0.369 e. The van der Waals surface area contributed by atoms with Gasteiger partial charge in [-0.3, -0.25) is 4.79 Å². The second-order valence-corrected chi connectivity index (χ2v) is 5.19. The Labute approximate surface area is 130 Å². The molecule has 0 aliphatic heterocycles. The third-order valence-corrected chi connectivity index (χ3v) is 3.06. The van der Waals surface area contributed by atoms with Crippen molar-refractivity contribution >= 4 is 11.7 Å². The lowest BCUT2D eigenvalue weighted by Gasteiger charge is -2.11. The van der Waals surface area contributed by atoms with Gasteiger partial charge in [-0.05, 0) is 19.7 Å². The number of likely N-dealkylation sites (N-methyl/N-ethyl adjacent to an activating group) is 1. The fraction of sp³-hybridized carbons (Fsp3) is 0.312. The van der Waals surface area contributed by atoms with Crippen LogP contribution in [-0.2, 0) is 6.54 Å². The highest BCUT2D eigenvalue weighted by molar-refractivity contribution is 5.92. The fourth-order valence-corrected chi connectivity index (χ4v) is 1.85. The summed E-state index contributed by atoms with van der Waals surface area (Å²) < 4.78 is 0. The molecule has 1 amide bonds. The van der Waals surface area contributed by atoms with E-state index in [1.807, 2.05) is 44.4 Å². The molecule has 2 rings (SSSR count). The van der Waals surface area contributed by atoms with Crippen LogP contribution in [0.4, 0.5) is 5.82 Å². The van der Waals surface area contributed by atoms with E-state index >= 15 is 0 Å². The van der Waals surface area contributed by atoms with Crippen LogP contribution in [0.1, 0.15) is 16.1 Å². The molecule has 1 aromatic carbocycles. The molecule has 0 aliphatic carbocycles. The predicted molar refractivity (Wildman–Crippen MR) is 86.7 cm³/mol. The number of carbonyl (C=O) groups is 1. The second kappa shape index (κ2) is 8.09. The van der Waals surface area contributed by atoms with Crippen LogP contribution in [0, 0.1) is 0 Å². The lowest BCUT2D eigenvalue weighted by molar-refractivity contribution is 0.0946. The van der Waals surface area contributed by atoms with Crippen LogP contribution >= 0.6 is 0 Å². The van der Waals surface area contributed by atoms with Crippen molar-refractivity contribution in [3.8, 4) is 0 Å². The molecule has 0 atom stereocenters. The molecule has 2 aromatic rings. The van der Waals surface area contributed by atoms with Gasteiger partial charge in [-0.2, -0.15) is 0 Å². The second-order valence-electron chi connectivity index (χ2n) is 5.19. The predicted octanol–water partition coefficient (Wildman–Crippen LogP) is 1.38. The molecule has 2 N–H and O–H groups in total. The van der Waals surface area contributed by atoms with Crippen molar-refractivity contribution in [3.05, 3.63) is 54.0 Å². The third kappa shape index (κ3) is 5.14. The van der Waals surface area contributed by atoms with E-state index in [-0.39, 0.29) is 5.91 Å². The molecule has 0 unspecified atom stereocenters. The Morgan fingerprint density at radius 1 is 1.18 bits per heavy atom. The molecule has 0 bridgehead atoms. The van der Waals surface area contributed by atoms with Gasteiger partial charge in [-0.1, -0.05) is 30.3 Å². The average molecular weight is 299 g/mol. The highest BCUT2D eigenvalue weighted by Gasteiger charge is 2.08. The van der Waals surface area contributed by atoms with E-state index in [4.69, 9.17) is 0 Å². The molecule has 22 heavy (non-hydrogen) atoms. The van der Waals surface area contributed by atoms with Crippen molar-refractivity contribution in [2.45, 2.75) is 6.54 Å². The van der Waals surface area contributed by atoms with Gasteiger partial charge in [0.15, 0.2) is 0 Å². The molecule has 0 saturated heterocycles. The number of carbonyl (C=O) groups excluding carboxylic acids is 1. The van der Waals surface area contributed by atoms with Crippen molar-refractivity contribution < 1.29 is 4.79 Å². The molecule has 0 spiro atoms. The maximum Gasteiger partial charge on any atom is 0.270 e. The smallest absolute Gasteiger partial charge is 0.270 e. The summed E-state index contributed by atoms with van der Waals surface area (Å²) in [5, 5.41) is 6.02.